The van der Waals surface area contributed by atoms with Crippen LogP contribution < -0.4 is 14.8 Å². The molecule has 0 aliphatic heterocycles. The summed E-state index contributed by atoms with van der Waals surface area (Å²) in [4.78, 5) is 12.9. The lowest BCUT2D eigenvalue weighted by Crippen LogP contribution is -2.15. The highest BCUT2D eigenvalue weighted by Gasteiger charge is 2.16. The Morgan fingerprint density at radius 1 is 0.960 bits per heavy atom. The fraction of sp³-hybridized carbons (Fsp3) is 0.190. The van der Waals surface area contributed by atoms with E-state index in [9.17, 15) is 4.79 Å². The Hall–Kier alpha value is -3.01. The SMILES string of the molecule is CCc1cc(OC)c(OC)cc1C(=O)Nc1cccc2ccccc12. The van der Waals surface area contributed by atoms with Crippen LogP contribution in [0.1, 0.15) is 22.8 Å². The number of fused-ring (bicyclic) bond motifs is 1. The zero-order chi connectivity index (χ0) is 17.8. The Balaban J connectivity index is 2.00. The highest BCUT2D eigenvalue weighted by atomic mass is 16.5. The van der Waals surface area contributed by atoms with Crippen molar-refractivity contribution in [2.24, 2.45) is 0 Å². The molecular formula is C21H21NO3. The van der Waals surface area contributed by atoms with Gasteiger partial charge in [0.05, 0.1) is 14.2 Å². The predicted octanol–water partition coefficient (Wildman–Crippen LogP) is 4.67. The fourth-order valence-electron chi connectivity index (χ4n) is 2.95. The molecule has 0 aliphatic carbocycles. The molecule has 0 fully saturated rings. The molecule has 0 heterocycles. The number of carbonyl (C=O) groups is 1. The first kappa shape index (κ1) is 16.8. The largest absolute Gasteiger partial charge is 0.493 e. The van der Waals surface area contributed by atoms with Gasteiger partial charge in [0.1, 0.15) is 0 Å². The molecule has 1 N–H and O–H groups in total. The normalized spacial score (nSPS) is 10.5. The maximum absolute atomic E-state index is 12.9. The Kier molecular flexibility index (Phi) is 4.89. The molecule has 3 aromatic carbocycles. The molecule has 0 saturated carbocycles. The van der Waals surface area contributed by atoms with Crippen molar-refractivity contribution in [2.45, 2.75) is 13.3 Å². The lowest BCUT2D eigenvalue weighted by atomic mass is 10.0. The van der Waals surface area contributed by atoms with E-state index in [4.69, 9.17) is 9.47 Å². The molecule has 0 aromatic heterocycles. The molecule has 0 bridgehead atoms. The first-order valence-corrected chi connectivity index (χ1v) is 8.22. The van der Waals surface area contributed by atoms with Crippen LogP contribution >= 0.6 is 0 Å². The number of hydrogen-bond acceptors (Lipinski definition) is 3. The standard InChI is InChI=1S/C21H21NO3/c1-4-14-12-19(24-2)20(25-3)13-17(14)21(23)22-18-11-7-9-15-8-5-6-10-16(15)18/h5-13H,4H2,1-3H3,(H,22,23). The number of rotatable bonds is 5. The molecule has 0 aliphatic rings. The molecule has 4 heteroatoms. The number of nitrogens with one attached hydrogen (secondary N) is 1. The van der Waals surface area contributed by atoms with Gasteiger partial charge in [-0.2, -0.15) is 0 Å². The summed E-state index contributed by atoms with van der Waals surface area (Å²) in [6.45, 7) is 2.01. The van der Waals surface area contributed by atoms with Crippen molar-refractivity contribution in [3.63, 3.8) is 0 Å². The van der Waals surface area contributed by atoms with Crippen LogP contribution in [-0.4, -0.2) is 20.1 Å². The van der Waals surface area contributed by atoms with E-state index in [-0.39, 0.29) is 5.91 Å². The minimum Gasteiger partial charge on any atom is -0.493 e. The van der Waals surface area contributed by atoms with E-state index in [1.54, 1.807) is 20.3 Å². The average molecular weight is 335 g/mol. The molecular weight excluding hydrogens is 314 g/mol. The quantitative estimate of drug-likeness (QED) is 0.737. The summed E-state index contributed by atoms with van der Waals surface area (Å²) in [6.07, 6.45) is 0.721. The van der Waals surface area contributed by atoms with Crippen molar-refractivity contribution in [1.29, 1.82) is 0 Å². The molecule has 0 radical (unpaired) electrons. The van der Waals surface area contributed by atoms with Gasteiger partial charge in [-0.3, -0.25) is 4.79 Å². The van der Waals surface area contributed by atoms with Crippen molar-refractivity contribution < 1.29 is 14.3 Å². The average Bonchev–Trinajstić information content (AvgIpc) is 2.67. The molecule has 0 saturated heterocycles. The number of benzene rings is 3. The lowest BCUT2D eigenvalue weighted by molar-refractivity contribution is 0.102. The van der Waals surface area contributed by atoms with E-state index in [0.29, 0.717) is 17.1 Å². The number of hydrogen-bond donors (Lipinski definition) is 1. The Morgan fingerprint density at radius 3 is 2.36 bits per heavy atom. The zero-order valence-corrected chi connectivity index (χ0v) is 14.6. The van der Waals surface area contributed by atoms with Crippen LogP contribution in [0.3, 0.4) is 0 Å². The van der Waals surface area contributed by atoms with Gasteiger partial charge in [-0.05, 0) is 35.6 Å². The number of methoxy groups -OCH3 is 2. The van der Waals surface area contributed by atoms with Crippen LogP contribution in [0.25, 0.3) is 10.8 Å². The summed E-state index contributed by atoms with van der Waals surface area (Å²) in [6, 6.07) is 17.4. The third-order valence-electron chi connectivity index (χ3n) is 4.27. The second-order valence-electron chi connectivity index (χ2n) is 5.70. The highest BCUT2D eigenvalue weighted by molar-refractivity contribution is 6.10. The van der Waals surface area contributed by atoms with E-state index in [0.717, 1.165) is 28.4 Å². The van der Waals surface area contributed by atoms with Crippen LogP contribution in [0.4, 0.5) is 5.69 Å². The Bertz CT molecular complexity index is 913. The molecule has 0 atom stereocenters. The van der Waals surface area contributed by atoms with Crippen molar-refractivity contribution in [3.05, 3.63) is 65.7 Å². The van der Waals surface area contributed by atoms with E-state index in [2.05, 4.69) is 5.32 Å². The first-order chi connectivity index (χ1) is 12.2. The van der Waals surface area contributed by atoms with Gasteiger partial charge in [-0.25, -0.2) is 0 Å². The van der Waals surface area contributed by atoms with Crippen LogP contribution in [0.2, 0.25) is 0 Å². The summed E-state index contributed by atoms with van der Waals surface area (Å²) in [5, 5.41) is 5.13. The second kappa shape index (κ2) is 7.26. The predicted molar refractivity (Wildman–Crippen MR) is 101 cm³/mol. The molecule has 0 unspecified atom stereocenters. The van der Waals surface area contributed by atoms with Crippen molar-refractivity contribution in [3.8, 4) is 11.5 Å². The number of amides is 1. The Labute approximate surface area is 147 Å². The van der Waals surface area contributed by atoms with E-state index in [1.165, 1.54) is 0 Å². The molecule has 25 heavy (non-hydrogen) atoms. The Morgan fingerprint density at radius 2 is 1.64 bits per heavy atom. The fourth-order valence-corrected chi connectivity index (χ4v) is 2.95. The minimum atomic E-state index is -0.158. The topological polar surface area (TPSA) is 47.6 Å². The van der Waals surface area contributed by atoms with Gasteiger partial charge in [-0.15, -0.1) is 0 Å². The molecule has 3 rings (SSSR count). The maximum Gasteiger partial charge on any atom is 0.256 e. The molecule has 4 nitrogen and oxygen atoms in total. The minimum absolute atomic E-state index is 0.158. The summed E-state index contributed by atoms with van der Waals surface area (Å²) < 4.78 is 10.7. The van der Waals surface area contributed by atoms with Gasteiger partial charge in [0.15, 0.2) is 11.5 Å². The van der Waals surface area contributed by atoms with Gasteiger partial charge in [0, 0.05) is 16.6 Å². The number of carbonyl (C=O) groups excluding carboxylic acids is 1. The second-order valence-corrected chi connectivity index (χ2v) is 5.70. The molecule has 1 amide bonds. The highest BCUT2D eigenvalue weighted by Crippen LogP contribution is 2.32. The van der Waals surface area contributed by atoms with Crippen LogP contribution in [0, 0.1) is 0 Å². The van der Waals surface area contributed by atoms with Gasteiger partial charge in [0.25, 0.3) is 5.91 Å². The molecule has 3 aromatic rings. The van der Waals surface area contributed by atoms with E-state index in [1.807, 2.05) is 55.5 Å². The smallest absolute Gasteiger partial charge is 0.256 e. The summed E-state index contributed by atoms with van der Waals surface area (Å²) in [5.74, 6) is 1.01. The van der Waals surface area contributed by atoms with Crippen molar-refractivity contribution in [1.82, 2.24) is 0 Å². The lowest BCUT2D eigenvalue weighted by Gasteiger charge is -2.15. The van der Waals surface area contributed by atoms with Gasteiger partial charge >= 0.3 is 0 Å². The van der Waals surface area contributed by atoms with Crippen molar-refractivity contribution >= 4 is 22.4 Å². The monoisotopic (exact) mass is 335 g/mol. The van der Waals surface area contributed by atoms with Crippen LogP contribution in [0.5, 0.6) is 11.5 Å². The third kappa shape index (κ3) is 3.29. The van der Waals surface area contributed by atoms with Gasteiger partial charge in [-0.1, -0.05) is 43.3 Å². The van der Waals surface area contributed by atoms with E-state index < -0.39 is 0 Å². The molecule has 0 spiro atoms. The van der Waals surface area contributed by atoms with Gasteiger partial charge < -0.3 is 14.8 Å². The van der Waals surface area contributed by atoms with Crippen LogP contribution in [0.15, 0.2) is 54.6 Å². The third-order valence-corrected chi connectivity index (χ3v) is 4.27. The van der Waals surface area contributed by atoms with Crippen molar-refractivity contribution in [2.75, 3.05) is 19.5 Å². The maximum atomic E-state index is 12.9. The summed E-state index contributed by atoms with van der Waals surface area (Å²) >= 11 is 0. The number of ether oxygens (including phenoxy) is 2. The zero-order valence-electron chi connectivity index (χ0n) is 14.6. The van der Waals surface area contributed by atoms with E-state index >= 15 is 0 Å². The summed E-state index contributed by atoms with van der Waals surface area (Å²) in [5.41, 5.74) is 2.29. The molecule has 128 valence electrons. The number of aryl methyl sites for hydroxylation is 1. The van der Waals surface area contributed by atoms with Gasteiger partial charge in [0.2, 0.25) is 0 Å². The first-order valence-electron chi connectivity index (χ1n) is 8.22. The summed E-state index contributed by atoms with van der Waals surface area (Å²) in [7, 11) is 3.16. The van der Waals surface area contributed by atoms with Crippen LogP contribution in [-0.2, 0) is 6.42 Å². The number of anilines is 1.